The number of para-hydroxylation sites is 1. The molecule has 0 aliphatic heterocycles. The van der Waals surface area contributed by atoms with E-state index in [0.29, 0.717) is 28.0 Å². The van der Waals surface area contributed by atoms with Gasteiger partial charge >= 0.3 is 0 Å². The number of anilines is 3. The van der Waals surface area contributed by atoms with E-state index in [9.17, 15) is 0 Å². The van der Waals surface area contributed by atoms with Crippen molar-refractivity contribution in [3.63, 3.8) is 0 Å². The van der Waals surface area contributed by atoms with E-state index < -0.39 is 19.1 Å². The molecule has 1 aromatic heterocycles. The quantitative estimate of drug-likeness (QED) is 0.189. The minimum absolute atomic E-state index is 0.0953. The highest BCUT2D eigenvalue weighted by atomic mass is 16.3. The molecule has 2 heteroatoms. The molecule has 0 fully saturated rings. The van der Waals surface area contributed by atoms with Gasteiger partial charge in [-0.25, -0.2) is 0 Å². The molecule has 0 saturated heterocycles. The zero-order valence-electron chi connectivity index (χ0n) is 35.0. The summed E-state index contributed by atoms with van der Waals surface area (Å²) in [5.74, 6) is 0. The van der Waals surface area contributed by atoms with E-state index in [1.165, 1.54) is 5.56 Å². The highest BCUT2D eigenvalue weighted by Gasteiger charge is 2.36. The van der Waals surface area contributed by atoms with Crippen LogP contribution in [0.25, 0.3) is 44.2 Å². The van der Waals surface area contributed by atoms with Gasteiger partial charge in [-0.1, -0.05) is 146 Å². The van der Waals surface area contributed by atoms with Crippen molar-refractivity contribution in [2.45, 2.75) is 71.5 Å². The minimum Gasteiger partial charge on any atom is -0.454 e. The Hall–Kier alpha value is -5.08. The van der Waals surface area contributed by atoms with Gasteiger partial charge in [0.2, 0.25) is 0 Å². The molecule has 8 rings (SSSR count). The number of nitrogens with zero attached hydrogens (tertiary/aromatic N) is 1. The number of furan rings is 1. The van der Waals surface area contributed by atoms with Crippen molar-refractivity contribution < 1.29 is 12.6 Å². The SMILES string of the molecule is [2H]C([2H])([2H])C1(C([2H])([2H])[2H])c2ccccc2-c2ccc(N(c3ccc(-c4ccccc4)cc3)c3cccc4c3oc3c(C(C)(C)C)cc(C(C)(C)C)cc34)cc21. The van der Waals surface area contributed by atoms with Gasteiger partial charge in [0.1, 0.15) is 5.58 Å². The van der Waals surface area contributed by atoms with Crippen LogP contribution in [-0.2, 0) is 16.2 Å². The Morgan fingerprint density at radius 3 is 1.94 bits per heavy atom. The fourth-order valence-corrected chi connectivity index (χ4v) is 7.32. The number of hydrogen-bond acceptors (Lipinski definition) is 2. The van der Waals surface area contributed by atoms with Crippen LogP contribution >= 0.6 is 0 Å². The second-order valence-electron chi connectivity index (χ2n) is 15.4. The van der Waals surface area contributed by atoms with Crippen molar-refractivity contribution in [2.24, 2.45) is 0 Å². The van der Waals surface area contributed by atoms with E-state index in [-0.39, 0.29) is 16.4 Å². The second kappa shape index (κ2) is 11.0. The molecule has 244 valence electrons. The molecule has 0 radical (unpaired) electrons. The van der Waals surface area contributed by atoms with E-state index in [1.54, 1.807) is 18.2 Å². The smallest absolute Gasteiger partial charge is 0.159 e. The van der Waals surface area contributed by atoms with Crippen LogP contribution in [0.2, 0.25) is 0 Å². The highest BCUT2D eigenvalue weighted by Crippen LogP contribution is 2.51. The van der Waals surface area contributed by atoms with Crippen molar-refractivity contribution in [2.75, 3.05) is 4.90 Å². The Kier molecular flexibility index (Phi) is 5.59. The normalized spacial score (nSPS) is 16.2. The van der Waals surface area contributed by atoms with Gasteiger partial charge < -0.3 is 9.32 Å². The fourth-order valence-electron chi connectivity index (χ4n) is 7.32. The lowest BCUT2D eigenvalue weighted by atomic mass is 9.79. The zero-order chi connectivity index (χ0) is 39.3. The third-order valence-corrected chi connectivity index (χ3v) is 10.0. The van der Waals surface area contributed by atoms with Crippen LogP contribution < -0.4 is 4.90 Å². The Labute approximate surface area is 299 Å². The highest BCUT2D eigenvalue weighted by molar-refractivity contribution is 6.11. The molecule has 2 nitrogen and oxygen atoms in total. The van der Waals surface area contributed by atoms with Crippen molar-refractivity contribution in [3.8, 4) is 22.3 Å². The van der Waals surface area contributed by atoms with Crippen LogP contribution in [0.1, 0.15) is 85.7 Å². The third-order valence-electron chi connectivity index (χ3n) is 10.0. The molecule has 0 amide bonds. The molecule has 1 heterocycles. The Morgan fingerprint density at radius 1 is 0.551 bits per heavy atom. The monoisotopic (exact) mass is 645 g/mol. The van der Waals surface area contributed by atoms with Crippen molar-refractivity contribution >= 4 is 39.0 Å². The van der Waals surface area contributed by atoms with Crippen LogP contribution in [0.4, 0.5) is 17.1 Å². The average Bonchev–Trinajstić information content (AvgIpc) is 3.65. The maximum atomic E-state index is 8.85. The van der Waals surface area contributed by atoms with Gasteiger partial charge in [-0.3, -0.25) is 0 Å². The Morgan fingerprint density at radius 2 is 1.22 bits per heavy atom. The number of benzene rings is 6. The predicted octanol–water partition coefficient (Wildman–Crippen LogP) is 13.6. The molecular formula is C47H45NO. The number of rotatable bonds is 4. The molecule has 0 N–H and O–H groups in total. The van der Waals surface area contributed by atoms with E-state index >= 15 is 0 Å². The first-order valence-electron chi connectivity index (χ1n) is 20.0. The molecule has 0 atom stereocenters. The summed E-state index contributed by atoms with van der Waals surface area (Å²) >= 11 is 0. The maximum absolute atomic E-state index is 8.85. The average molecular weight is 646 g/mol. The Balaban J connectivity index is 1.43. The van der Waals surface area contributed by atoms with Gasteiger partial charge in [0.05, 0.1) is 5.69 Å². The van der Waals surface area contributed by atoms with E-state index in [2.05, 4.69) is 88.9 Å². The van der Waals surface area contributed by atoms with E-state index in [0.717, 1.165) is 44.4 Å². The van der Waals surface area contributed by atoms with E-state index in [4.69, 9.17) is 12.6 Å². The first-order chi connectivity index (χ1) is 25.8. The van der Waals surface area contributed by atoms with Gasteiger partial charge in [0, 0.05) is 41.4 Å². The molecule has 6 aromatic carbocycles. The summed E-state index contributed by atoms with van der Waals surface area (Å²) in [6.45, 7) is 7.51. The molecule has 0 saturated carbocycles. The minimum atomic E-state index is -2.88. The van der Waals surface area contributed by atoms with Gasteiger partial charge in [-0.05, 0) is 86.2 Å². The summed E-state index contributed by atoms with van der Waals surface area (Å²) in [6, 6.07) is 41.7. The fraction of sp³-hybridized carbons (Fsp3) is 0.234. The molecule has 0 bridgehead atoms. The molecular weight excluding hydrogens is 595 g/mol. The summed E-state index contributed by atoms with van der Waals surface area (Å²) in [4.78, 5) is 2.06. The van der Waals surface area contributed by atoms with Crippen LogP contribution in [0, 0.1) is 0 Å². The van der Waals surface area contributed by atoms with Crippen LogP contribution in [-0.4, -0.2) is 0 Å². The van der Waals surface area contributed by atoms with Crippen LogP contribution in [0.3, 0.4) is 0 Å². The lowest BCUT2D eigenvalue weighted by Gasteiger charge is -2.28. The molecule has 1 aliphatic rings. The van der Waals surface area contributed by atoms with Crippen molar-refractivity contribution in [1.82, 2.24) is 0 Å². The summed E-state index contributed by atoms with van der Waals surface area (Å²) in [7, 11) is 0. The first kappa shape index (κ1) is 25.0. The summed E-state index contributed by atoms with van der Waals surface area (Å²) in [6.07, 6.45) is 0. The van der Waals surface area contributed by atoms with Gasteiger partial charge in [0.25, 0.3) is 0 Å². The first-order valence-corrected chi connectivity index (χ1v) is 17.0. The van der Waals surface area contributed by atoms with E-state index in [1.807, 2.05) is 66.7 Å². The van der Waals surface area contributed by atoms with Crippen molar-refractivity contribution in [1.29, 1.82) is 0 Å². The molecule has 1 aliphatic carbocycles. The lowest BCUT2D eigenvalue weighted by Crippen LogP contribution is -2.16. The Bertz CT molecular complexity index is 2570. The lowest BCUT2D eigenvalue weighted by molar-refractivity contribution is 0.559. The second-order valence-corrected chi connectivity index (χ2v) is 15.4. The molecule has 0 unspecified atom stereocenters. The van der Waals surface area contributed by atoms with Crippen LogP contribution in [0.5, 0.6) is 0 Å². The molecule has 7 aromatic rings. The number of hydrogen-bond donors (Lipinski definition) is 0. The van der Waals surface area contributed by atoms with Gasteiger partial charge in [-0.15, -0.1) is 0 Å². The third kappa shape index (κ3) is 5.08. The maximum Gasteiger partial charge on any atom is 0.159 e. The summed E-state index contributed by atoms with van der Waals surface area (Å²) < 4.78 is 60.1. The molecule has 49 heavy (non-hydrogen) atoms. The predicted molar refractivity (Wildman–Crippen MR) is 209 cm³/mol. The summed E-state index contributed by atoms with van der Waals surface area (Å²) in [5, 5.41) is 1.99. The largest absolute Gasteiger partial charge is 0.454 e. The standard InChI is InChI=1S/C47H45NO/c1-45(2,3)32-27-38-37-18-14-20-42(44(37)49-43(38)41(28-32)46(4,5)6)48(33-23-21-31(22-24-33)30-15-10-9-11-16-30)34-25-26-36-35-17-12-13-19-39(35)47(7,8)40(36)29-34/h9-29H,1-8H3/i7D3,8D3. The van der Waals surface area contributed by atoms with Gasteiger partial charge in [0.15, 0.2) is 5.58 Å². The molecule has 0 spiro atoms. The van der Waals surface area contributed by atoms with Gasteiger partial charge in [-0.2, -0.15) is 0 Å². The number of fused-ring (bicyclic) bond motifs is 6. The summed E-state index contributed by atoms with van der Waals surface area (Å²) in [5.41, 5.74) is 7.41. The zero-order valence-corrected chi connectivity index (χ0v) is 29.0. The van der Waals surface area contributed by atoms with Crippen molar-refractivity contribution in [3.05, 3.63) is 150 Å². The topological polar surface area (TPSA) is 16.4 Å². The van der Waals surface area contributed by atoms with Crippen LogP contribution in [0.15, 0.2) is 132 Å².